The number of aryl methyl sites for hydroxylation is 1. The largest absolute Gasteiger partial charge is 0.390 e. The fourth-order valence-electron chi connectivity index (χ4n) is 3.40. The van der Waals surface area contributed by atoms with Crippen LogP contribution in [0.5, 0.6) is 0 Å². The average Bonchev–Trinajstić information content (AvgIpc) is 2.88. The smallest absolute Gasteiger partial charge is 0.0966 e. The van der Waals surface area contributed by atoms with E-state index in [0.29, 0.717) is 19.6 Å². The molecule has 3 atom stereocenters. The van der Waals surface area contributed by atoms with Crippen molar-refractivity contribution in [3.63, 3.8) is 0 Å². The molecule has 22 heavy (non-hydrogen) atoms. The predicted molar refractivity (Wildman–Crippen MR) is 81.3 cm³/mol. The second-order valence-electron chi connectivity index (χ2n) is 6.32. The first-order chi connectivity index (χ1) is 10.6. The number of aliphatic hydroxyl groups excluding tert-OH is 2. The maximum absolute atomic E-state index is 10.5. The van der Waals surface area contributed by atoms with Crippen LogP contribution in [0.1, 0.15) is 12.0 Å². The molecular formula is C15H26N4O3. The molecule has 2 aliphatic rings. The summed E-state index contributed by atoms with van der Waals surface area (Å²) in [6.45, 7) is 5.36. The molecule has 0 saturated carbocycles. The number of hydrogen-bond acceptors (Lipinski definition) is 6. The number of likely N-dealkylation sites (tertiary alicyclic amines) is 1. The molecule has 0 aromatic carbocycles. The van der Waals surface area contributed by atoms with Crippen molar-refractivity contribution in [2.45, 2.75) is 31.2 Å². The number of ether oxygens (including phenoxy) is 1. The Bertz CT molecular complexity index is 475. The lowest BCUT2D eigenvalue weighted by molar-refractivity contribution is -0.0618. The van der Waals surface area contributed by atoms with Gasteiger partial charge < -0.3 is 14.9 Å². The second kappa shape index (κ2) is 7.06. The van der Waals surface area contributed by atoms with Crippen LogP contribution >= 0.6 is 0 Å². The van der Waals surface area contributed by atoms with Gasteiger partial charge in [0.05, 0.1) is 37.7 Å². The molecule has 7 heteroatoms. The molecular weight excluding hydrogens is 284 g/mol. The SMILES string of the molecule is Cn1cc(CN2CC[C@@H](O)[C@@H](O)[C@H](N3CCOCC3)C2)cn1. The van der Waals surface area contributed by atoms with Crippen LogP contribution in [-0.4, -0.2) is 87.4 Å². The minimum atomic E-state index is -0.697. The van der Waals surface area contributed by atoms with Gasteiger partial charge in [-0.3, -0.25) is 14.5 Å². The number of aliphatic hydroxyl groups is 2. The lowest BCUT2D eigenvalue weighted by Gasteiger charge is -2.38. The Hall–Kier alpha value is -0.990. The van der Waals surface area contributed by atoms with Crippen LogP contribution in [0, 0.1) is 0 Å². The van der Waals surface area contributed by atoms with Crippen molar-refractivity contribution in [2.24, 2.45) is 7.05 Å². The Morgan fingerprint density at radius 1 is 1.27 bits per heavy atom. The van der Waals surface area contributed by atoms with Gasteiger partial charge in [-0.2, -0.15) is 5.10 Å². The molecule has 1 aromatic rings. The average molecular weight is 310 g/mol. The van der Waals surface area contributed by atoms with Gasteiger partial charge in [0.15, 0.2) is 0 Å². The maximum atomic E-state index is 10.5. The molecule has 2 fully saturated rings. The molecule has 7 nitrogen and oxygen atoms in total. The number of rotatable bonds is 3. The van der Waals surface area contributed by atoms with E-state index in [1.54, 1.807) is 4.68 Å². The highest BCUT2D eigenvalue weighted by Gasteiger charge is 2.36. The molecule has 0 bridgehead atoms. The van der Waals surface area contributed by atoms with E-state index in [-0.39, 0.29) is 6.04 Å². The number of aromatic nitrogens is 2. The van der Waals surface area contributed by atoms with E-state index in [1.807, 2.05) is 19.4 Å². The fraction of sp³-hybridized carbons (Fsp3) is 0.800. The van der Waals surface area contributed by atoms with Crippen LogP contribution in [0.2, 0.25) is 0 Å². The molecule has 2 aliphatic heterocycles. The highest BCUT2D eigenvalue weighted by molar-refractivity contribution is 5.04. The number of hydrogen-bond donors (Lipinski definition) is 2. The van der Waals surface area contributed by atoms with Gasteiger partial charge in [-0.15, -0.1) is 0 Å². The lowest BCUT2D eigenvalue weighted by Crippen LogP contribution is -2.55. The summed E-state index contributed by atoms with van der Waals surface area (Å²) in [6.07, 6.45) is 3.13. The van der Waals surface area contributed by atoms with E-state index in [4.69, 9.17) is 4.74 Å². The van der Waals surface area contributed by atoms with Crippen molar-refractivity contribution < 1.29 is 14.9 Å². The van der Waals surface area contributed by atoms with E-state index in [0.717, 1.165) is 38.3 Å². The Morgan fingerprint density at radius 3 is 2.73 bits per heavy atom. The van der Waals surface area contributed by atoms with Gasteiger partial charge in [0.25, 0.3) is 0 Å². The first-order valence-electron chi connectivity index (χ1n) is 8.01. The highest BCUT2D eigenvalue weighted by atomic mass is 16.5. The number of morpholine rings is 1. The van der Waals surface area contributed by atoms with Crippen LogP contribution in [0.3, 0.4) is 0 Å². The quantitative estimate of drug-likeness (QED) is 0.750. The first kappa shape index (κ1) is 15.9. The van der Waals surface area contributed by atoms with Crippen molar-refractivity contribution in [2.75, 3.05) is 39.4 Å². The molecule has 1 aromatic heterocycles. The zero-order valence-electron chi connectivity index (χ0n) is 13.1. The molecule has 2 N–H and O–H groups in total. The van der Waals surface area contributed by atoms with E-state index >= 15 is 0 Å². The monoisotopic (exact) mass is 310 g/mol. The predicted octanol–water partition coefficient (Wildman–Crippen LogP) is -0.952. The maximum Gasteiger partial charge on any atom is 0.0966 e. The number of nitrogens with zero attached hydrogens (tertiary/aromatic N) is 4. The standard InChI is InChI=1S/C15H26N4O3/c1-17-9-12(8-16-17)10-18-3-2-14(20)15(21)13(11-18)19-4-6-22-7-5-19/h8-9,13-15,20-21H,2-7,10-11H2,1H3/t13-,14-,15+/m1/s1. The van der Waals surface area contributed by atoms with E-state index in [2.05, 4.69) is 14.9 Å². The van der Waals surface area contributed by atoms with Crippen molar-refractivity contribution in [1.82, 2.24) is 19.6 Å². The van der Waals surface area contributed by atoms with Gasteiger partial charge in [0.2, 0.25) is 0 Å². The third-order valence-corrected chi connectivity index (χ3v) is 4.65. The summed E-state index contributed by atoms with van der Waals surface area (Å²) in [4.78, 5) is 4.55. The summed E-state index contributed by atoms with van der Waals surface area (Å²) >= 11 is 0. The van der Waals surface area contributed by atoms with E-state index < -0.39 is 12.2 Å². The summed E-state index contributed by atoms with van der Waals surface area (Å²) < 4.78 is 7.20. The summed E-state index contributed by atoms with van der Waals surface area (Å²) in [5, 5.41) is 24.9. The van der Waals surface area contributed by atoms with Crippen LogP contribution in [0.15, 0.2) is 12.4 Å². The third-order valence-electron chi connectivity index (χ3n) is 4.65. The first-order valence-corrected chi connectivity index (χ1v) is 8.01. The van der Waals surface area contributed by atoms with Crippen LogP contribution in [-0.2, 0) is 18.3 Å². The van der Waals surface area contributed by atoms with E-state index in [9.17, 15) is 10.2 Å². The van der Waals surface area contributed by atoms with Gasteiger partial charge >= 0.3 is 0 Å². The zero-order valence-corrected chi connectivity index (χ0v) is 13.1. The second-order valence-corrected chi connectivity index (χ2v) is 6.32. The van der Waals surface area contributed by atoms with Crippen LogP contribution < -0.4 is 0 Å². The highest BCUT2D eigenvalue weighted by Crippen LogP contribution is 2.20. The topological polar surface area (TPSA) is 74.0 Å². The normalized spacial score (nSPS) is 32.0. The summed E-state index contributed by atoms with van der Waals surface area (Å²) in [5.74, 6) is 0. The molecule has 2 saturated heterocycles. The molecule has 0 unspecified atom stereocenters. The van der Waals surface area contributed by atoms with Crippen LogP contribution in [0.4, 0.5) is 0 Å². The molecule has 3 heterocycles. The van der Waals surface area contributed by atoms with Gasteiger partial charge in [-0.05, 0) is 6.42 Å². The summed E-state index contributed by atoms with van der Waals surface area (Å²) in [7, 11) is 1.91. The summed E-state index contributed by atoms with van der Waals surface area (Å²) in [6, 6.07) is -0.0435. The van der Waals surface area contributed by atoms with Crippen LogP contribution in [0.25, 0.3) is 0 Å². The van der Waals surface area contributed by atoms with Gasteiger partial charge in [-0.25, -0.2) is 0 Å². The van der Waals surface area contributed by atoms with Crippen molar-refractivity contribution >= 4 is 0 Å². The van der Waals surface area contributed by atoms with Crippen molar-refractivity contribution in [1.29, 1.82) is 0 Å². The lowest BCUT2D eigenvalue weighted by atomic mass is 10.0. The Kier molecular flexibility index (Phi) is 5.10. The summed E-state index contributed by atoms with van der Waals surface area (Å²) in [5.41, 5.74) is 1.16. The van der Waals surface area contributed by atoms with Crippen molar-refractivity contribution in [3.8, 4) is 0 Å². The third kappa shape index (κ3) is 3.67. The van der Waals surface area contributed by atoms with Gasteiger partial charge in [0, 0.05) is 51.5 Å². The molecule has 3 rings (SSSR count). The molecule has 0 aliphatic carbocycles. The Labute approximate surface area is 131 Å². The van der Waals surface area contributed by atoms with E-state index in [1.165, 1.54) is 0 Å². The van der Waals surface area contributed by atoms with Crippen molar-refractivity contribution in [3.05, 3.63) is 18.0 Å². The van der Waals surface area contributed by atoms with Gasteiger partial charge in [0.1, 0.15) is 0 Å². The fourth-order valence-corrected chi connectivity index (χ4v) is 3.40. The molecule has 124 valence electrons. The minimum absolute atomic E-state index is 0.0435. The Morgan fingerprint density at radius 2 is 2.05 bits per heavy atom. The molecule has 0 amide bonds. The molecule has 0 radical (unpaired) electrons. The zero-order chi connectivity index (χ0) is 15.5. The van der Waals surface area contributed by atoms with Gasteiger partial charge in [-0.1, -0.05) is 0 Å². The minimum Gasteiger partial charge on any atom is -0.390 e. The Balaban J connectivity index is 1.69. The molecule has 0 spiro atoms.